The highest BCUT2D eigenvalue weighted by Gasteiger charge is 2.12. The predicted molar refractivity (Wildman–Crippen MR) is 86.3 cm³/mol. The van der Waals surface area contributed by atoms with Gasteiger partial charge in [0.2, 0.25) is 0 Å². The van der Waals surface area contributed by atoms with Gasteiger partial charge in [-0.15, -0.1) is 11.3 Å². The molecule has 2 atom stereocenters. The summed E-state index contributed by atoms with van der Waals surface area (Å²) in [5, 5.41) is 12.0. The van der Waals surface area contributed by atoms with Crippen molar-refractivity contribution in [2.45, 2.75) is 25.8 Å². The van der Waals surface area contributed by atoms with E-state index >= 15 is 0 Å². The van der Waals surface area contributed by atoms with E-state index in [9.17, 15) is 5.26 Å². The number of halogens is 1. The number of aryl methyl sites for hydroxylation is 1. The second-order valence-electron chi connectivity index (χ2n) is 4.46. The van der Waals surface area contributed by atoms with Crippen molar-refractivity contribution in [3.63, 3.8) is 0 Å². The molecule has 2 rings (SSSR count). The first-order valence-electron chi connectivity index (χ1n) is 6.20. The molecule has 0 fully saturated rings. The third kappa shape index (κ3) is 3.75. The lowest BCUT2D eigenvalue weighted by molar-refractivity contribution is 0.818. The summed E-state index contributed by atoms with van der Waals surface area (Å²) in [4.78, 5) is 8.83. The second kappa shape index (κ2) is 6.78. The van der Waals surface area contributed by atoms with E-state index < -0.39 is 0 Å². The largest absolute Gasteiger partial charge is 0.288 e. The molecule has 0 bridgehead atoms. The molecule has 0 radical (unpaired) electrons. The van der Waals surface area contributed by atoms with Gasteiger partial charge in [0, 0.05) is 21.8 Å². The monoisotopic (exact) mass is 347 g/mol. The van der Waals surface area contributed by atoms with Crippen molar-refractivity contribution in [1.29, 1.82) is 5.26 Å². The van der Waals surface area contributed by atoms with Crippen LogP contribution in [0, 0.1) is 18.3 Å². The molecule has 1 aromatic heterocycles. The van der Waals surface area contributed by atoms with E-state index in [0.717, 1.165) is 20.7 Å². The van der Waals surface area contributed by atoms with Crippen LogP contribution < -0.4 is 0 Å². The summed E-state index contributed by atoms with van der Waals surface area (Å²) in [7, 11) is 0. The van der Waals surface area contributed by atoms with Crippen LogP contribution in [0.2, 0.25) is 0 Å². The summed E-state index contributed by atoms with van der Waals surface area (Å²) in [6.45, 7) is 3.94. The van der Waals surface area contributed by atoms with Gasteiger partial charge in [-0.05, 0) is 31.5 Å². The average Bonchev–Trinajstić information content (AvgIpc) is 2.86. The summed E-state index contributed by atoms with van der Waals surface area (Å²) >= 11 is 4.91. The van der Waals surface area contributed by atoms with Gasteiger partial charge in [0.05, 0.1) is 12.1 Å². The maximum absolute atomic E-state index is 9.23. The molecule has 3 nitrogen and oxygen atoms in total. The molecular formula is C15H14BrN3S. The molecule has 1 aromatic carbocycles. The van der Waals surface area contributed by atoms with Gasteiger partial charge in [-0.2, -0.15) is 5.26 Å². The highest BCUT2D eigenvalue weighted by Crippen LogP contribution is 2.22. The number of rotatable bonds is 4. The third-order valence-electron chi connectivity index (χ3n) is 2.85. The van der Waals surface area contributed by atoms with Gasteiger partial charge < -0.3 is 0 Å². The number of benzene rings is 1. The van der Waals surface area contributed by atoms with E-state index in [1.807, 2.05) is 43.5 Å². The standard InChI is InChI=1S/C15H14BrN3S/c1-10-9-20-15(19-10)13(7-17)8-18-11(2)12-3-5-14(16)6-4-12/h3-6,8-9,11,13H,1-2H3/t11-,13-/m1/s1. The smallest absolute Gasteiger partial charge is 0.133 e. The Hall–Kier alpha value is -1.51. The number of nitrogens with zero attached hydrogens (tertiary/aromatic N) is 3. The van der Waals surface area contributed by atoms with E-state index in [4.69, 9.17) is 0 Å². The Morgan fingerprint density at radius 3 is 2.65 bits per heavy atom. The Morgan fingerprint density at radius 1 is 1.40 bits per heavy atom. The van der Waals surface area contributed by atoms with Crippen molar-refractivity contribution in [3.8, 4) is 6.07 Å². The maximum atomic E-state index is 9.23. The highest BCUT2D eigenvalue weighted by atomic mass is 79.9. The zero-order valence-electron chi connectivity index (χ0n) is 11.2. The Bertz CT molecular complexity index is 640. The second-order valence-corrected chi connectivity index (χ2v) is 6.26. The zero-order valence-corrected chi connectivity index (χ0v) is 13.6. The lowest BCUT2D eigenvalue weighted by Gasteiger charge is -2.07. The third-order valence-corrected chi connectivity index (χ3v) is 4.43. The minimum Gasteiger partial charge on any atom is -0.288 e. The van der Waals surface area contributed by atoms with Gasteiger partial charge in [-0.25, -0.2) is 4.98 Å². The average molecular weight is 348 g/mol. The highest BCUT2D eigenvalue weighted by molar-refractivity contribution is 9.10. The van der Waals surface area contributed by atoms with Crippen molar-refractivity contribution >= 4 is 33.5 Å². The number of hydrogen-bond donors (Lipinski definition) is 0. The number of aliphatic imine (C=N–C) groups is 1. The van der Waals surface area contributed by atoms with E-state index in [1.165, 1.54) is 11.3 Å². The summed E-state index contributed by atoms with van der Waals surface area (Å²) in [5.41, 5.74) is 2.07. The van der Waals surface area contributed by atoms with Gasteiger partial charge in [-0.1, -0.05) is 28.1 Å². The van der Waals surface area contributed by atoms with Gasteiger partial charge in [0.25, 0.3) is 0 Å². The van der Waals surface area contributed by atoms with Crippen molar-refractivity contribution in [2.75, 3.05) is 0 Å². The van der Waals surface area contributed by atoms with Crippen LogP contribution in [-0.4, -0.2) is 11.2 Å². The first-order valence-corrected chi connectivity index (χ1v) is 7.88. The molecule has 0 unspecified atom stereocenters. The van der Waals surface area contributed by atoms with Gasteiger partial charge in [0.15, 0.2) is 0 Å². The summed E-state index contributed by atoms with van der Waals surface area (Å²) < 4.78 is 1.05. The maximum Gasteiger partial charge on any atom is 0.133 e. The molecule has 102 valence electrons. The first-order chi connectivity index (χ1) is 9.60. The Morgan fingerprint density at radius 2 is 2.10 bits per heavy atom. The lowest BCUT2D eigenvalue weighted by Crippen LogP contribution is -1.99. The minimum atomic E-state index is -0.369. The van der Waals surface area contributed by atoms with Crippen LogP contribution in [0.15, 0.2) is 39.1 Å². The topological polar surface area (TPSA) is 49.0 Å². The van der Waals surface area contributed by atoms with Gasteiger partial charge >= 0.3 is 0 Å². The number of nitriles is 1. The van der Waals surface area contributed by atoms with Crippen LogP contribution in [0.25, 0.3) is 0 Å². The van der Waals surface area contributed by atoms with E-state index in [-0.39, 0.29) is 12.0 Å². The van der Waals surface area contributed by atoms with Crippen LogP contribution in [0.3, 0.4) is 0 Å². The molecule has 0 saturated heterocycles. The van der Waals surface area contributed by atoms with E-state index in [1.54, 1.807) is 6.21 Å². The van der Waals surface area contributed by atoms with E-state index in [2.05, 4.69) is 32.0 Å². The molecule has 0 N–H and O–H groups in total. The number of thiazole rings is 1. The van der Waals surface area contributed by atoms with Crippen molar-refractivity contribution in [1.82, 2.24) is 4.98 Å². The Labute approximate surface area is 131 Å². The SMILES string of the molecule is Cc1csc([C@H](C#N)C=N[C@H](C)c2ccc(Br)cc2)n1. The summed E-state index contributed by atoms with van der Waals surface area (Å²) in [5.74, 6) is -0.369. The summed E-state index contributed by atoms with van der Waals surface area (Å²) in [6.07, 6.45) is 1.70. The molecule has 2 aromatic rings. The normalized spacial score (nSPS) is 14.1. The number of aromatic nitrogens is 1. The molecule has 20 heavy (non-hydrogen) atoms. The van der Waals surface area contributed by atoms with Gasteiger partial charge in [0.1, 0.15) is 10.9 Å². The van der Waals surface area contributed by atoms with Gasteiger partial charge in [-0.3, -0.25) is 4.99 Å². The van der Waals surface area contributed by atoms with Crippen molar-refractivity contribution < 1.29 is 0 Å². The van der Waals surface area contributed by atoms with Crippen LogP contribution >= 0.6 is 27.3 Å². The summed E-state index contributed by atoms with van der Waals surface area (Å²) in [6, 6.07) is 10.3. The Balaban J connectivity index is 2.11. The molecule has 0 aliphatic heterocycles. The quantitative estimate of drug-likeness (QED) is 0.755. The molecule has 5 heteroatoms. The zero-order chi connectivity index (χ0) is 14.5. The molecule has 0 spiro atoms. The fourth-order valence-corrected chi connectivity index (χ4v) is 2.78. The lowest BCUT2D eigenvalue weighted by atomic mass is 10.1. The van der Waals surface area contributed by atoms with Crippen LogP contribution in [0.1, 0.15) is 35.1 Å². The first kappa shape index (κ1) is 14.9. The molecule has 0 aliphatic carbocycles. The minimum absolute atomic E-state index is 0.0278. The van der Waals surface area contributed by atoms with E-state index in [0.29, 0.717) is 0 Å². The van der Waals surface area contributed by atoms with Crippen LogP contribution in [-0.2, 0) is 0 Å². The molecular weight excluding hydrogens is 334 g/mol. The van der Waals surface area contributed by atoms with Crippen molar-refractivity contribution in [3.05, 3.63) is 50.4 Å². The van der Waals surface area contributed by atoms with Crippen molar-refractivity contribution in [2.24, 2.45) is 4.99 Å². The molecule has 0 amide bonds. The number of hydrogen-bond acceptors (Lipinski definition) is 4. The van der Waals surface area contributed by atoms with Crippen LogP contribution in [0.5, 0.6) is 0 Å². The Kier molecular flexibility index (Phi) is 5.05. The fourth-order valence-electron chi connectivity index (χ4n) is 1.71. The van der Waals surface area contributed by atoms with Crippen LogP contribution in [0.4, 0.5) is 0 Å². The fraction of sp³-hybridized carbons (Fsp3) is 0.267. The predicted octanol–water partition coefficient (Wildman–Crippen LogP) is 4.65. The molecule has 0 aliphatic rings. The molecule has 1 heterocycles. The molecule has 0 saturated carbocycles.